The third kappa shape index (κ3) is 0.618. The van der Waals surface area contributed by atoms with Crippen LogP contribution in [0.2, 0.25) is 0 Å². The Bertz CT molecular complexity index is 68.1. The van der Waals surface area contributed by atoms with Gasteiger partial charge in [0.25, 0.3) is 0 Å². The highest BCUT2D eigenvalue weighted by molar-refractivity contribution is 5.01. The zero-order valence-electron chi connectivity index (χ0n) is 4.07. The Morgan fingerprint density at radius 2 is 2.17 bits per heavy atom. The second-order valence-electron chi connectivity index (χ2n) is 2.02. The summed E-state index contributed by atoms with van der Waals surface area (Å²) in [6, 6.07) is 0. The molecule has 0 unspecified atom stereocenters. The molecule has 0 heterocycles. The molecule has 0 saturated heterocycles. The molecule has 0 N–H and O–H groups in total. The lowest BCUT2D eigenvalue weighted by molar-refractivity contribution is 1.01. The average molecular weight is 81.1 g/mol. The maximum atomic E-state index is 5.41. The third-order valence-electron chi connectivity index (χ3n) is 1.22. The minimum Gasteiger partial charge on any atom is -0.0702 e. The van der Waals surface area contributed by atoms with Crippen molar-refractivity contribution in [3.63, 3.8) is 0 Å². The van der Waals surface area contributed by atoms with Gasteiger partial charge in [-0.2, -0.15) is 0 Å². The van der Waals surface area contributed by atoms with E-state index in [1.165, 1.54) is 12.8 Å². The van der Waals surface area contributed by atoms with Crippen molar-refractivity contribution in [1.29, 1.82) is 0 Å². The van der Waals surface area contributed by atoms with Crippen LogP contribution in [0.5, 0.6) is 0 Å². The van der Waals surface area contributed by atoms with E-state index in [0.717, 1.165) is 11.5 Å². The SMILES string of the molecule is [CH]=C(C)C1CC1. The molecule has 0 aromatic carbocycles. The molecule has 0 bridgehead atoms. The summed E-state index contributed by atoms with van der Waals surface area (Å²) in [5, 5.41) is 0. The summed E-state index contributed by atoms with van der Waals surface area (Å²) < 4.78 is 0. The van der Waals surface area contributed by atoms with Crippen LogP contribution < -0.4 is 0 Å². The van der Waals surface area contributed by atoms with E-state index in [1.807, 2.05) is 6.92 Å². The Kier molecular flexibility index (Phi) is 0.722. The van der Waals surface area contributed by atoms with E-state index in [0.29, 0.717) is 0 Å². The van der Waals surface area contributed by atoms with Gasteiger partial charge in [0, 0.05) is 0 Å². The van der Waals surface area contributed by atoms with Crippen molar-refractivity contribution in [3.05, 3.63) is 12.2 Å². The van der Waals surface area contributed by atoms with Crippen molar-refractivity contribution >= 4 is 0 Å². The van der Waals surface area contributed by atoms with E-state index in [9.17, 15) is 0 Å². The van der Waals surface area contributed by atoms with Gasteiger partial charge in [-0.3, -0.25) is 0 Å². The van der Waals surface area contributed by atoms with Gasteiger partial charge in [-0.05, 0) is 25.7 Å². The predicted molar refractivity (Wildman–Crippen MR) is 26.2 cm³/mol. The smallest absolute Gasteiger partial charge is 0.0202 e. The Labute approximate surface area is 38.9 Å². The molecule has 0 amide bonds. The van der Waals surface area contributed by atoms with Crippen LogP contribution >= 0.6 is 0 Å². The molecular weight excluding hydrogens is 72.1 g/mol. The highest BCUT2D eigenvalue weighted by atomic mass is 14.3. The summed E-state index contributed by atoms with van der Waals surface area (Å²) in [6.45, 7) is 7.41. The van der Waals surface area contributed by atoms with Gasteiger partial charge in [0.05, 0.1) is 0 Å². The zero-order chi connectivity index (χ0) is 4.57. The second kappa shape index (κ2) is 1.11. The summed E-state index contributed by atoms with van der Waals surface area (Å²) in [7, 11) is 0. The number of hydrogen-bond donors (Lipinski definition) is 0. The standard InChI is InChI=1S/C6H9/c1-5(2)6-3-4-6/h1,6H,3-4H2,2H3. The highest BCUT2D eigenvalue weighted by Crippen LogP contribution is 2.34. The topological polar surface area (TPSA) is 0 Å². The summed E-state index contributed by atoms with van der Waals surface area (Å²) in [6.07, 6.45) is 2.67. The maximum Gasteiger partial charge on any atom is -0.0202 e. The number of allylic oxidation sites excluding steroid dienone is 1. The highest BCUT2D eigenvalue weighted by Gasteiger charge is 2.20. The molecule has 1 rings (SSSR count). The molecule has 0 aromatic heterocycles. The third-order valence-corrected chi connectivity index (χ3v) is 1.22. The summed E-state index contributed by atoms with van der Waals surface area (Å²) in [4.78, 5) is 0. The fourth-order valence-electron chi connectivity index (χ4n) is 0.539. The largest absolute Gasteiger partial charge is 0.0702 e. The Hall–Kier alpha value is -0.260. The summed E-state index contributed by atoms with van der Waals surface area (Å²) in [5.41, 5.74) is 1.12. The lowest BCUT2D eigenvalue weighted by Gasteiger charge is -1.83. The fourth-order valence-corrected chi connectivity index (χ4v) is 0.539. The first kappa shape index (κ1) is 3.91. The van der Waals surface area contributed by atoms with Crippen molar-refractivity contribution in [2.75, 3.05) is 0 Å². The summed E-state index contributed by atoms with van der Waals surface area (Å²) in [5.74, 6) is 0.796. The number of hydrogen-bond acceptors (Lipinski definition) is 0. The monoisotopic (exact) mass is 81.1 g/mol. The van der Waals surface area contributed by atoms with Crippen molar-refractivity contribution < 1.29 is 0 Å². The lowest BCUT2D eigenvalue weighted by Crippen LogP contribution is -1.69. The quantitative estimate of drug-likeness (QED) is 0.451. The maximum absolute atomic E-state index is 5.41. The van der Waals surface area contributed by atoms with Gasteiger partial charge in [0.1, 0.15) is 0 Å². The van der Waals surface area contributed by atoms with Crippen molar-refractivity contribution in [2.45, 2.75) is 19.8 Å². The predicted octanol–water partition coefficient (Wildman–Crippen LogP) is 1.78. The summed E-state index contributed by atoms with van der Waals surface area (Å²) >= 11 is 0. The van der Waals surface area contributed by atoms with Crippen LogP contribution in [0.25, 0.3) is 0 Å². The van der Waals surface area contributed by atoms with Gasteiger partial charge in [-0.25, -0.2) is 0 Å². The molecule has 6 heavy (non-hydrogen) atoms. The molecule has 1 aliphatic rings. The minimum atomic E-state index is 0.796. The van der Waals surface area contributed by atoms with Gasteiger partial charge in [-0.1, -0.05) is 12.2 Å². The minimum absolute atomic E-state index is 0.796. The van der Waals surface area contributed by atoms with Gasteiger partial charge < -0.3 is 0 Å². The molecule has 0 nitrogen and oxygen atoms in total. The van der Waals surface area contributed by atoms with Crippen LogP contribution in [0.4, 0.5) is 0 Å². The van der Waals surface area contributed by atoms with E-state index >= 15 is 0 Å². The van der Waals surface area contributed by atoms with Gasteiger partial charge in [0.15, 0.2) is 0 Å². The molecule has 0 aromatic rings. The first-order valence-electron chi connectivity index (χ1n) is 2.39. The first-order chi connectivity index (χ1) is 2.80. The Morgan fingerprint density at radius 3 is 2.17 bits per heavy atom. The molecule has 0 spiro atoms. The van der Waals surface area contributed by atoms with E-state index in [4.69, 9.17) is 6.58 Å². The van der Waals surface area contributed by atoms with E-state index in [2.05, 4.69) is 0 Å². The molecule has 1 radical (unpaired) electrons. The molecule has 33 valence electrons. The normalized spacial score (nSPS) is 20.8. The molecule has 1 saturated carbocycles. The van der Waals surface area contributed by atoms with Gasteiger partial charge >= 0.3 is 0 Å². The van der Waals surface area contributed by atoms with Crippen LogP contribution in [-0.2, 0) is 0 Å². The molecule has 0 heteroatoms. The van der Waals surface area contributed by atoms with Crippen molar-refractivity contribution in [1.82, 2.24) is 0 Å². The van der Waals surface area contributed by atoms with Crippen LogP contribution in [-0.4, -0.2) is 0 Å². The van der Waals surface area contributed by atoms with Crippen LogP contribution in [0.3, 0.4) is 0 Å². The van der Waals surface area contributed by atoms with Crippen molar-refractivity contribution in [3.8, 4) is 0 Å². The van der Waals surface area contributed by atoms with Gasteiger partial charge in [-0.15, -0.1) is 0 Å². The van der Waals surface area contributed by atoms with Crippen molar-refractivity contribution in [2.24, 2.45) is 5.92 Å². The van der Waals surface area contributed by atoms with E-state index < -0.39 is 0 Å². The van der Waals surface area contributed by atoms with E-state index in [-0.39, 0.29) is 0 Å². The van der Waals surface area contributed by atoms with E-state index in [1.54, 1.807) is 0 Å². The Morgan fingerprint density at radius 1 is 1.67 bits per heavy atom. The molecule has 1 fully saturated rings. The van der Waals surface area contributed by atoms with Gasteiger partial charge in [0.2, 0.25) is 0 Å². The molecule has 0 aliphatic heterocycles. The second-order valence-corrected chi connectivity index (χ2v) is 2.02. The fraction of sp³-hybridized carbons (Fsp3) is 0.667. The zero-order valence-corrected chi connectivity index (χ0v) is 4.07. The molecule has 0 atom stereocenters. The van der Waals surface area contributed by atoms with Crippen LogP contribution in [0, 0.1) is 12.5 Å². The van der Waals surface area contributed by atoms with Crippen LogP contribution in [0.1, 0.15) is 19.8 Å². The Balaban J connectivity index is 2.31. The molecular formula is C6H9. The van der Waals surface area contributed by atoms with Crippen LogP contribution in [0.15, 0.2) is 5.57 Å². The molecule has 1 aliphatic carbocycles. The average Bonchev–Trinajstić information content (AvgIpc) is 2.06. The first-order valence-corrected chi connectivity index (χ1v) is 2.39. The number of rotatable bonds is 1. The lowest BCUT2D eigenvalue weighted by atomic mass is 10.2.